The molecule has 1 amide bonds. The highest BCUT2D eigenvalue weighted by atomic mass is 32.2. The molecule has 0 aliphatic rings. The molecule has 0 spiro atoms. The van der Waals surface area contributed by atoms with Crippen molar-refractivity contribution in [1.82, 2.24) is 5.32 Å². The van der Waals surface area contributed by atoms with E-state index >= 15 is 0 Å². The van der Waals surface area contributed by atoms with Crippen LogP contribution in [0.15, 0.2) is 24.3 Å². The maximum atomic E-state index is 12.7. The van der Waals surface area contributed by atoms with Gasteiger partial charge in [0, 0.05) is 17.8 Å². The standard InChI is InChI=1S/C14H21FN2OS/c1-14(2,16)10-19-9-13(18)17-8-7-11-3-5-12(15)6-4-11/h3-6H,7-10,16H2,1-2H3,(H,17,18). The van der Waals surface area contributed by atoms with E-state index in [0.29, 0.717) is 18.7 Å². The molecular formula is C14H21FN2OS. The lowest BCUT2D eigenvalue weighted by atomic mass is 10.1. The van der Waals surface area contributed by atoms with E-state index in [1.165, 1.54) is 23.9 Å². The fourth-order valence-electron chi connectivity index (χ4n) is 1.46. The Bertz CT molecular complexity index is 401. The van der Waals surface area contributed by atoms with Crippen LogP contribution in [0.3, 0.4) is 0 Å². The summed E-state index contributed by atoms with van der Waals surface area (Å²) in [6, 6.07) is 6.31. The van der Waals surface area contributed by atoms with Gasteiger partial charge in [0.15, 0.2) is 0 Å². The third kappa shape index (κ3) is 7.85. The van der Waals surface area contributed by atoms with Crippen LogP contribution in [0.4, 0.5) is 4.39 Å². The molecule has 0 saturated carbocycles. The van der Waals surface area contributed by atoms with E-state index in [0.717, 1.165) is 11.3 Å². The lowest BCUT2D eigenvalue weighted by molar-refractivity contribution is -0.118. The first kappa shape index (κ1) is 16.0. The Morgan fingerprint density at radius 1 is 1.37 bits per heavy atom. The van der Waals surface area contributed by atoms with Crippen LogP contribution in [0.2, 0.25) is 0 Å². The highest BCUT2D eigenvalue weighted by molar-refractivity contribution is 8.00. The predicted molar refractivity (Wildman–Crippen MR) is 78.7 cm³/mol. The van der Waals surface area contributed by atoms with Gasteiger partial charge in [0.25, 0.3) is 0 Å². The number of nitrogens with two attached hydrogens (primary N) is 1. The summed E-state index contributed by atoms with van der Waals surface area (Å²) in [5, 5.41) is 2.84. The van der Waals surface area contributed by atoms with Gasteiger partial charge >= 0.3 is 0 Å². The molecule has 0 saturated heterocycles. The molecule has 0 unspecified atom stereocenters. The molecule has 0 atom stereocenters. The SMILES string of the molecule is CC(C)(N)CSCC(=O)NCCc1ccc(F)cc1. The number of hydrogen-bond acceptors (Lipinski definition) is 3. The summed E-state index contributed by atoms with van der Waals surface area (Å²) in [6.45, 7) is 4.44. The number of rotatable bonds is 7. The molecule has 1 aromatic rings. The molecule has 106 valence electrons. The molecule has 0 aromatic heterocycles. The van der Waals surface area contributed by atoms with Crippen LogP contribution >= 0.6 is 11.8 Å². The van der Waals surface area contributed by atoms with Gasteiger partial charge in [-0.2, -0.15) is 11.8 Å². The van der Waals surface area contributed by atoms with Crippen molar-refractivity contribution >= 4 is 17.7 Å². The summed E-state index contributed by atoms with van der Waals surface area (Å²) in [5.41, 5.74) is 6.59. The van der Waals surface area contributed by atoms with Crippen LogP contribution in [-0.2, 0) is 11.2 Å². The summed E-state index contributed by atoms with van der Waals surface area (Å²) in [4.78, 5) is 11.5. The molecule has 0 bridgehead atoms. The van der Waals surface area contributed by atoms with Gasteiger partial charge in [0.05, 0.1) is 5.75 Å². The first-order valence-electron chi connectivity index (χ1n) is 6.24. The minimum absolute atomic E-state index is 0.0105. The molecule has 3 N–H and O–H groups in total. The number of hydrogen-bond donors (Lipinski definition) is 2. The number of nitrogens with one attached hydrogen (secondary N) is 1. The Kier molecular flexibility index (Phi) is 6.31. The smallest absolute Gasteiger partial charge is 0.230 e. The van der Waals surface area contributed by atoms with Crippen LogP contribution in [0.5, 0.6) is 0 Å². The Labute approximate surface area is 118 Å². The molecular weight excluding hydrogens is 263 g/mol. The van der Waals surface area contributed by atoms with E-state index in [2.05, 4.69) is 5.32 Å². The fourth-order valence-corrected chi connectivity index (χ4v) is 2.37. The number of thioether (sulfide) groups is 1. The van der Waals surface area contributed by atoms with E-state index in [1.807, 2.05) is 13.8 Å². The van der Waals surface area contributed by atoms with Crippen molar-refractivity contribution in [2.45, 2.75) is 25.8 Å². The van der Waals surface area contributed by atoms with Crippen molar-refractivity contribution < 1.29 is 9.18 Å². The van der Waals surface area contributed by atoms with Gasteiger partial charge in [-0.3, -0.25) is 4.79 Å². The van der Waals surface area contributed by atoms with Crippen molar-refractivity contribution in [3.63, 3.8) is 0 Å². The number of benzene rings is 1. The number of amides is 1. The highest BCUT2D eigenvalue weighted by Gasteiger charge is 2.11. The second-order valence-corrected chi connectivity index (χ2v) is 6.19. The van der Waals surface area contributed by atoms with Gasteiger partial charge in [-0.15, -0.1) is 0 Å². The number of carbonyl (C=O) groups is 1. The molecule has 0 aliphatic carbocycles. The summed E-state index contributed by atoms with van der Waals surface area (Å²) in [5.74, 6) is 0.938. The van der Waals surface area contributed by atoms with Gasteiger partial charge in [-0.05, 0) is 38.0 Å². The minimum atomic E-state index is -0.251. The topological polar surface area (TPSA) is 55.1 Å². The minimum Gasteiger partial charge on any atom is -0.355 e. The Balaban J connectivity index is 2.15. The third-order valence-electron chi connectivity index (χ3n) is 2.36. The Hall–Kier alpha value is -1.07. The molecule has 0 radical (unpaired) electrons. The maximum Gasteiger partial charge on any atom is 0.230 e. The third-order valence-corrected chi connectivity index (χ3v) is 3.77. The zero-order valence-electron chi connectivity index (χ0n) is 11.4. The molecule has 0 aliphatic heterocycles. The first-order valence-corrected chi connectivity index (χ1v) is 7.40. The number of carbonyl (C=O) groups excluding carboxylic acids is 1. The van der Waals surface area contributed by atoms with Crippen molar-refractivity contribution in [3.8, 4) is 0 Å². The van der Waals surface area contributed by atoms with Gasteiger partial charge in [-0.1, -0.05) is 12.1 Å². The average molecular weight is 284 g/mol. The lowest BCUT2D eigenvalue weighted by Crippen LogP contribution is -2.36. The second-order valence-electron chi connectivity index (χ2n) is 5.21. The van der Waals surface area contributed by atoms with Crippen molar-refractivity contribution in [3.05, 3.63) is 35.6 Å². The quantitative estimate of drug-likeness (QED) is 0.804. The maximum absolute atomic E-state index is 12.7. The summed E-state index contributed by atoms with van der Waals surface area (Å²) in [7, 11) is 0. The van der Waals surface area contributed by atoms with E-state index in [-0.39, 0.29) is 17.3 Å². The van der Waals surface area contributed by atoms with Gasteiger partial charge in [0.2, 0.25) is 5.91 Å². The average Bonchev–Trinajstić information content (AvgIpc) is 2.30. The van der Waals surface area contributed by atoms with Crippen LogP contribution < -0.4 is 11.1 Å². The molecule has 3 nitrogen and oxygen atoms in total. The fraction of sp³-hybridized carbons (Fsp3) is 0.500. The largest absolute Gasteiger partial charge is 0.355 e. The molecule has 1 rings (SSSR count). The van der Waals surface area contributed by atoms with Gasteiger partial charge in [-0.25, -0.2) is 4.39 Å². The molecule has 19 heavy (non-hydrogen) atoms. The van der Waals surface area contributed by atoms with Crippen LogP contribution in [0.1, 0.15) is 19.4 Å². The monoisotopic (exact) mass is 284 g/mol. The number of halogens is 1. The van der Waals surface area contributed by atoms with Crippen molar-refractivity contribution in [1.29, 1.82) is 0 Å². The zero-order chi connectivity index (χ0) is 14.3. The zero-order valence-corrected chi connectivity index (χ0v) is 12.2. The summed E-state index contributed by atoms with van der Waals surface area (Å²) >= 11 is 1.53. The first-order chi connectivity index (χ1) is 8.87. The lowest BCUT2D eigenvalue weighted by Gasteiger charge is -2.17. The van der Waals surface area contributed by atoms with Crippen molar-refractivity contribution in [2.24, 2.45) is 5.73 Å². The second kappa shape index (κ2) is 7.50. The Morgan fingerprint density at radius 2 is 2.00 bits per heavy atom. The van der Waals surface area contributed by atoms with Crippen LogP contribution in [0, 0.1) is 5.82 Å². The summed E-state index contributed by atoms with van der Waals surface area (Å²) < 4.78 is 12.7. The summed E-state index contributed by atoms with van der Waals surface area (Å²) in [6.07, 6.45) is 0.707. The van der Waals surface area contributed by atoms with Crippen LogP contribution in [0.25, 0.3) is 0 Å². The van der Waals surface area contributed by atoms with E-state index in [9.17, 15) is 9.18 Å². The highest BCUT2D eigenvalue weighted by Crippen LogP contribution is 2.09. The normalized spacial score (nSPS) is 11.4. The van der Waals surface area contributed by atoms with E-state index in [1.54, 1.807) is 12.1 Å². The van der Waals surface area contributed by atoms with Gasteiger partial charge < -0.3 is 11.1 Å². The molecule has 1 aromatic carbocycles. The molecule has 0 fully saturated rings. The van der Waals surface area contributed by atoms with E-state index in [4.69, 9.17) is 5.73 Å². The predicted octanol–water partition coefficient (Wildman–Crippen LogP) is 1.95. The van der Waals surface area contributed by atoms with Crippen LogP contribution in [-0.4, -0.2) is 29.5 Å². The van der Waals surface area contributed by atoms with Gasteiger partial charge in [0.1, 0.15) is 5.82 Å². The Morgan fingerprint density at radius 3 is 2.58 bits per heavy atom. The van der Waals surface area contributed by atoms with Crippen molar-refractivity contribution in [2.75, 3.05) is 18.1 Å². The van der Waals surface area contributed by atoms with E-state index < -0.39 is 0 Å². The molecule has 0 heterocycles. The molecule has 5 heteroatoms.